The highest BCUT2D eigenvalue weighted by Gasteiger charge is 2.26. The van der Waals surface area contributed by atoms with Gasteiger partial charge in [-0.05, 0) is 30.2 Å². The molecule has 1 N–H and O–H groups in total. The Labute approximate surface area is 133 Å². The third-order valence-corrected chi connectivity index (χ3v) is 3.71. The van der Waals surface area contributed by atoms with Gasteiger partial charge < -0.3 is 10.0 Å². The summed E-state index contributed by atoms with van der Waals surface area (Å²) < 4.78 is 0. The molecule has 1 heterocycles. The lowest BCUT2D eigenvalue weighted by atomic mass is 10.0. The maximum absolute atomic E-state index is 12.6. The molecule has 1 aromatic heterocycles. The minimum Gasteiger partial charge on any atom is -0.502 e. The first kappa shape index (κ1) is 16.4. The number of hydrogen-bond donors (Lipinski definition) is 1. The molecular formula is C16H17N3O4. The Morgan fingerprint density at radius 2 is 2.00 bits per heavy atom. The zero-order valence-electron chi connectivity index (χ0n) is 12.8. The molecular weight excluding hydrogens is 298 g/mol. The molecule has 0 fully saturated rings. The van der Waals surface area contributed by atoms with Crippen LogP contribution >= 0.6 is 0 Å². The van der Waals surface area contributed by atoms with Crippen LogP contribution in [0.15, 0.2) is 42.7 Å². The number of hydrogen-bond acceptors (Lipinski definition) is 5. The van der Waals surface area contributed by atoms with Crippen molar-refractivity contribution < 1.29 is 14.8 Å². The van der Waals surface area contributed by atoms with Crippen LogP contribution in [0, 0.1) is 10.1 Å². The third-order valence-electron chi connectivity index (χ3n) is 3.71. The van der Waals surface area contributed by atoms with Gasteiger partial charge in [0.05, 0.1) is 16.5 Å². The average molecular weight is 315 g/mol. The second-order valence-electron chi connectivity index (χ2n) is 5.05. The summed E-state index contributed by atoms with van der Waals surface area (Å²) in [6, 6.07) is 7.32. The maximum atomic E-state index is 12.6. The predicted octanol–water partition coefficient (Wildman–Crippen LogP) is 2.92. The molecule has 2 rings (SSSR count). The van der Waals surface area contributed by atoms with Crippen molar-refractivity contribution in [2.24, 2.45) is 0 Å². The van der Waals surface area contributed by atoms with E-state index in [4.69, 9.17) is 0 Å². The number of carbonyl (C=O) groups excluding carboxylic acids is 1. The van der Waals surface area contributed by atoms with Crippen molar-refractivity contribution in [3.8, 4) is 5.75 Å². The van der Waals surface area contributed by atoms with Crippen LogP contribution in [0.4, 0.5) is 5.69 Å². The third kappa shape index (κ3) is 3.28. The number of para-hydroxylation sites is 1. The first-order chi connectivity index (χ1) is 11.0. The summed E-state index contributed by atoms with van der Waals surface area (Å²) in [5.74, 6) is -1.09. The minimum atomic E-state index is -0.716. The highest BCUT2D eigenvalue weighted by Crippen LogP contribution is 2.32. The Morgan fingerprint density at radius 1 is 1.35 bits per heavy atom. The van der Waals surface area contributed by atoms with Gasteiger partial charge in [0.1, 0.15) is 0 Å². The van der Waals surface area contributed by atoms with E-state index in [0.717, 1.165) is 11.6 Å². The summed E-state index contributed by atoms with van der Waals surface area (Å²) >= 11 is 0. The Balaban J connectivity index is 2.36. The molecule has 0 aliphatic carbocycles. The number of phenolic OH excluding ortho intramolecular Hbond substituents is 1. The molecule has 0 radical (unpaired) electrons. The van der Waals surface area contributed by atoms with Crippen LogP contribution in [0.5, 0.6) is 5.75 Å². The number of nitro benzene ring substituents is 1. The Bertz CT molecular complexity index is 719. The highest BCUT2D eigenvalue weighted by molar-refractivity contribution is 5.98. The van der Waals surface area contributed by atoms with E-state index in [1.54, 1.807) is 19.4 Å². The summed E-state index contributed by atoms with van der Waals surface area (Å²) in [6.45, 7) is 1.93. The number of aromatic nitrogens is 1. The molecule has 0 spiro atoms. The second-order valence-corrected chi connectivity index (χ2v) is 5.05. The van der Waals surface area contributed by atoms with Crippen molar-refractivity contribution in [3.05, 3.63) is 64.0 Å². The van der Waals surface area contributed by atoms with E-state index in [1.165, 1.54) is 17.0 Å². The second kappa shape index (κ2) is 6.87. The van der Waals surface area contributed by atoms with Gasteiger partial charge >= 0.3 is 5.69 Å². The molecule has 7 heteroatoms. The normalized spacial score (nSPS) is 11.7. The van der Waals surface area contributed by atoms with E-state index in [9.17, 15) is 20.0 Å². The lowest BCUT2D eigenvalue weighted by molar-refractivity contribution is -0.385. The highest BCUT2D eigenvalue weighted by atomic mass is 16.6. The molecule has 0 aliphatic heterocycles. The maximum Gasteiger partial charge on any atom is 0.311 e. The Kier molecular flexibility index (Phi) is 4.90. The summed E-state index contributed by atoms with van der Waals surface area (Å²) in [7, 11) is 1.61. The molecule has 0 unspecified atom stereocenters. The molecule has 0 saturated heterocycles. The van der Waals surface area contributed by atoms with Crippen molar-refractivity contribution in [1.29, 1.82) is 0 Å². The van der Waals surface area contributed by atoms with Gasteiger partial charge in [0.2, 0.25) is 5.75 Å². The summed E-state index contributed by atoms with van der Waals surface area (Å²) in [5, 5.41) is 20.9. The van der Waals surface area contributed by atoms with Gasteiger partial charge in [-0.1, -0.05) is 13.0 Å². The fraction of sp³-hybridized carbons (Fsp3) is 0.250. The van der Waals surface area contributed by atoms with Crippen molar-refractivity contribution in [1.82, 2.24) is 9.88 Å². The Morgan fingerprint density at radius 3 is 2.57 bits per heavy atom. The molecule has 2 aromatic rings. The number of benzene rings is 1. The molecule has 0 saturated carbocycles. The average Bonchev–Trinajstić information content (AvgIpc) is 2.55. The number of nitro groups is 1. The van der Waals surface area contributed by atoms with Crippen LogP contribution in [0.25, 0.3) is 0 Å². The number of aromatic hydroxyl groups is 1. The molecule has 23 heavy (non-hydrogen) atoms. The fourth-order valence-electron chi connectivity index (χ4n) is 2.50. The van der Waals surface area contributed by atoms with Crippen LogP contribution in [-0.2, 0) is 0 Å². The van der Waals surface area contributed by atoms with Gasteiger partial charge in [0.25, 0.3) is 5.91 Å². The number of amides is 1. The first-order valence-corrected chi connectivity index (χ1v) is 7.10. The molecule has 120 valence electrons. The SMILES string of the molecule is CC[C@@H](c1ccncc1)N(C)C(=O)c1cccc([N+](=O)[O-])c1O. The van der Waals surface area contributed by atoms with Crippen LogP contribution < -0.4 is 0 Å². The topological polar surface area (TPSA) is 96.6 Å². The van der Waals surface area contributed by atoms with Crippen molar-refractivity contribution in [2.75, 3.05) is 7.05 Å². The quantitative estimate of drug-likeness (QED) is 0.676. The zero-order chi connectivity index (χ0) is 17.0. The minimum absolute atomic E-state index is 0.0887. The van der Waals surface area contributed by atoms with E-state index in [0.29, 0.717) is 6.42 Å². The number of nitrogens with zero attached hydrogens (tertiary/aromatic N) is 3. The number of carbonyl (C=O) groups is 1. The van der Waals surface area contributed by atoms with Gasteiger partial charge in [-0.15, -0.1) is 0 Å². The summed E-state index contributed by atoms with van der Waals surface area (Å²) in [6.07, 6.45) is 3.93. The van der Waals surface area contributed by atoms with E-state index in [-0.39, 0.29) is 11.6 Å². The van der Waals surface area contributed by atoms with Crippen LogP contribution in [0.2, 0.25) is 0 Å². The zero-order valence-corrected chi connectivity index (χ0v) is 12.8. The van der Waals surface area contributed by atoms with Crippen LogP contribution in [0.3, 0.4) is 0 Å². The number of rotatable bonds is 5. The van der Waals surface area contributed by atoms with Gasteiger partial charge in [-0.3, -0.25) is 19.9 Å². The summed E-state index contributed by atoms with van der Waals surface area (Å²) in [4.78, 5) is 28.2. The number of phenols is 1. The predicted molar refractivity (Wildman–Crippen MR) is 84.1 cm³/mol. The lowest BCUT2D eigenvalue weighted by Crippen LogP contribution is -2.31. The molecule has 0 aliphatic rings. The molecule has 7 nitrogen and oxygen atoms in total. The van der Waals surface area contributed by atoms with Crippen LogP contribution in [0.1, 0.15) is 35.3 Å². The molecule has 1 atom stereocenters. The van der Waals surface area contributed by atoms with E-state index < -0.39 is 22.3 Å². The lowest BCUT2D eigenvalue weighted by Gasteiger charge is -2.28. The fourth-order valence-corrected chi connectivity index (χ4v) is 2.50. The van der Waals surface area contributed by atoms with Crippen LogP contribution in [-0.4, -0.2) is 32.9 Å². The molecule has 0 bridgehead atoms. The number of pyridine rings is 1. The molecule has 1 amide bonds. The van der Waals surface area contributed by atoms with Gasteiger partial charge in [0.15, 0.2) is 0 Å². The van der Waals surface area contributed by atoms with Crippen molar-refractivity contribution >= 4 is 11.6 Å². The van der Waals surface area contributed by atoms with Gasteiger partial charge in [-0.25, -0.2) is 0 Å². The van der Waals surface area contributed by atoms with Gasteiger partial charge in [-0.2, -0.15) is 0 Å². The van der Waals surface area contributed by atoms with E-state index in [1.807, 2.05) is 19.1 Å². The van der Waals surface area contributed by atoms with E-state index in [2.05, 4.69) is 4.98 Å². The smallest absolute Gasteiger partial charge is 0.311 e. The van der Waals surface area contributed by atoms with Crippen molar-refractivity contribution in [2.45, 2.75) is 19.4 Å². The van der Waals surface area contributed by atoms with Crippen molar-refractivity contribution in [3.63, 3.8) is 0 Å². The first-order valence-electron chi connectivity index (χ1n) is 7.10. The van der Waals surface area contributed by atoms with Gasteiger partial charge in [0, 0.05) is 25.5 Å². The monoisotopic (exact) mass is 315 g/mol. The standard InChI is InChI=1S/C16H17N3O4/c1-3-13(11-7-9-17-10-8-11)18(2)16(21)12-5-4-6-14(15(12)20)19(22)23/h4-10,13,20H,3H2,1-2H3/t13-/m0/s1. The largest absolute Gasteiger partial charge is 0.502 e. The Hall–Kier alpha value is -2.96. The van der Waals surface area contributed by atoms with E-state index >= 15 is 0 Å². The molecule has 1 aromatic carbocycles. The summed E-state index contributed by atoms with van der Waals surface area (Å²) in [5.41, 5.74) is 0.332.